The maximum atomic E-state index is 12.0. The molecule has 0 amide bonds. The van der Waals surface area contributed by atoms with Crippen LogP contribution in [0.4, 0.5) is 0 Å². The van der Waals surface area contributed by atoms with Crippen LogP contribution in [0, 0.1) is 33.1 Å². The first-order valence-electron chi connectivity index (χ1n) is 40.4. The molecule has 12 heterocycles. The minimum absolute atomic E-state index is 0.136. The molecule has 110 heavy (non-hydrogen) atoms. The van der Waals surface area contributed by atoms with Crippen molar-refractivity contribution in [3.8, 4) is 0 Å². The number of aliphatic hydroxyl groups is 1. The molecule has 0 fully saturated rings. The molecule has 0 radical (unpaired) electrons. The summed E-state index contributed by atoms with van der Waals surface area (Å²) in [6, 6.07) is 44.1. The largest absolute Gasteiger partial charge is 0.393 e. The SMILES string of the molecule is CC(=O)CC(Cn1c2c(c3cc(C)ccc31)CN(C)CC2)c1ccncc1.CC(=O)CC(Cn1c2c(c3cc(C)ccc31)CN(C)CC2)c1ccncc1.CCCC(Cn1c2c(c3cc(C)ccc31)CN(C)CC2)c1ccncc1.Cc1ccc2c(c1)c1c(n2CC(CC(O)C(C)(C)C)c2ccncc2)CCN(C)C1. The van der Waals surface area contributed by atoms with Crippen LogP contribution < -0.4 is 0 Å². The van der Waals surface area contributed by atoms with Gasteiger partial charge < -0.3 is 52.6 Å². The number of likely N-dealkylation sites (N-methyl/N-ethyl adjacent to an activating group) is 4. The lowest BCUT2D eigenvalue weighted by molar-refractivity contribution is -0.118. The van der Waals surface area contributed by atoms with E-state index in [0.717, 1.165) is 111 Å². The van der Waals surface area contributed by atoms with Crippen molar-refractivity contribution in [2.45, 2.75) is 209 Å². The molecule has 1 N–H and O–H groups in total. The van der Waals surface area contributed by atoms with Gasteiger partial charge in [-0.1, -0.05) is 80.6 Å². The number of aliphatic hydroxyl groups excluding tert-OH is 1. The quantitative estimate of drug-likeness (QED) is 0.0780. The van der Waals surface area contributed by atoms with E-state index in [1.165, 1.54) is 135 Å². The van der Waals surface area contributed by atoms with Gasteiger partial charge in [0.1, 0.15) is 11.6 Å². The fraction of sp³-hybridized carbons (Fsp3) is 0.432. The number of fused-ring (bicyclic) bond motifs is 12. The maximum Gasteiger partial charge on any atom is 0.130 e. The highest BCUT2D eigenvalue weighted by Crippen LogP contribution is 2.41. The average Bonchev–Trinajstić information content (AvgIpc) is 1.63. The van der Waals surface area contributed by atoms with Crippen molar-refractivity contribution < 1.29 is 14.7 Å². The third-order valence-electron chi connectivity index (χ3n) is 23.9. The Kier molecular flexibility index (Phi) is 25.1. The second-order valence-corrected chi connectivity index (χ2v) is 33.8. The van der Waals surface area contributed by atoms with Gasteiger partial charge in [0.15, 0.2) is 0 Å². The summed E-state index contributed by atoms with van der Waals surface area (Å²) in [5, 5.41) is 16.5. The normalized spacial score (nSPS) is 16.1. The molecular weight excluding hydrogens is 1360 g/mol. The molecule has 0 bridgehead atoms. The van der Waals surface area contributed by atoms with Gasteiger partial charge >= 0.3 is 0 Å². The zero-order chi connectivity index (χ0) is 77.5. The average molecular weight is 1480 g/mol. The Morgan fingerprint density at radius 2 is 0.645 bits per heavy atom. The summed E-state index contributed by atoms with van der Waals surface area (Å²) in [5.41, 5.74) is 27.3. The van der Waals surface area contributed by atoms with Gasteiger partial charge in [-0.3, -0.25) is 19.9 Å². The van der Waals surface area contributed by atoms with Gasteiger partial charge in [0.2, 0.25) is 0 Å². The molecule has 5 atom stereocenters. The van der Waals surface area contributed by atoms with Gasteiger partial charge in [-0.15, -0.1) is 0 Å². The molecule has 15 heteroatoms. The highest BCUT2D eigenvalue weighted by atomic mass is 16.3. The maximum absolute atomic E-state index is 12.0. The Balaban J connectivity index is 0.000000129. The lowest BCUT2D eigenvalue weighted by Crippen LogP contribution is -2.30. The van der Waals surface area contributed by atoms with E-state index in [0.29, 0.717) is 18.8 Å². The van der Waals surface area contributed by atoms with Crippen LogP contribution in [0.5, 0.6) is 0 Å². The van der Waals surface area contributed by atoms with Gasteiger partial charge in [0, 0.05) is 257 Å². The second-order valence-electron chi connectivity index (χ2n) is 33.8. The molecular formula is C95H118N12O3. The molecule has 15 nitrogen and oxygen atoms in total. The topological polar surface area (TPSA) is 139 Å². The van der Waals surface area contributed by atoms with E-state index in [1.807, 2.05) is 73.8 Å². The fourth-order valence-electron chi connectivity index (χ4n) is 18.0. The smallest absolute Gasteiger partial charge is 0.130 e. The summed E-state index contributed by atoms with van der Waals surface area (Å²) in [4.78, 5) is 50.3. The van der Waals surface area contributed by atoms with Crippen LogP contribution in [0.15, 0.2) is 171 Å². The molecule has 4 aliphatic rings. The van der Waals surface area contributed by atoms with E-state index < -0.39 is 0 Å². The summed E-state index contributed by atoms with van der Waals surface area (Å²) < 4.78 is 10.1. The fourth-order valence-corrected chi connectivity index (χ4v) is 18.0. The van der Waals surface area contributed by atoms with Crippen LogP contribution in [0.3, 0.4) is 0 Å². The molecule has 12 aromatic rings. The van der Waals surface area contributed by atoms with Gasteiger partial charge in [-0.05, 0) is 230 Å². The van der Waals surface area contributed by atoms with E-state index in [-0.39, 0.29) is 40.8 Å². The highest BCUT2D eigenvalue weighted by Gasteiger charge is 2.32. The van der Waals surface area contributed by atoms with Crippen LogP contribution in [-0.4, -0.2) is 135 Å². The minimum atomic E-state index is -0.360. The van der Waals surface area contributed by atoms with Crippen LogP contribution in [0.1, 0.15) is 187 Å². The summed E-state index contributed by atoms with van der Waals surface area (Å²) in [5.74, 6) is 1.60. The van der Waals surface area contributed by atoms with Gasteiger partial charge in [-0.25, -0.2) is 0 Å². The first-order chi connectivity index (χ1) is 53.0. The number of rotatable bonds is 20. The molecule has 4 aromatic carbocycles. The Labute approximate surface area is 653 Å². The minimum Gasteiger partial charge on any atom is -0.393 e. The number of pyridine rings is 4. The Bertz CT molecular complexity index is 4980. The van der Waals surface area contributed by atoms with Crippen molar-refractivity contribution in [2.75, 3.05) is 54.4 Å². The lowest BCUT2D eigenvalue weighted by atomic mass is 9.81. The number of carbonyl (C=O) groups is 2. The van der Waals surface area contributed by atoms with Crippen molar-refractivity contribution in [3.05, 3.63) is 260 Å². The summed E-state index contributed by atoms with van der Waals surface area (Å²) in [6.07, 6.45) is 23.1. The monoisotopic (exact) mass is 1470 g/mol. The van der Waals surface area contributed by atoms with Crippen molar-refractivity contribution >= 4 is 55.2 Å². The number of ketones is 2. The highest BCUT2D eigenvalue weighted by molar-refractivity contribution is 5.90. The predicted molar refractivity (Wildman–Crippen MR) is 450 cm³/mol. The van der Waals surface area contributed by atoms with Crippen molar-refractivity contribution in [1.29, 1.82) is 0 Å². The number of carbonyl (C=O) groups excluding carboxylic acids is 2. The van der Waals surface area contributed by atoms with Crippen molar-refractivity contribution in [2.24, 2.45) is 5.41 Å². The van der Waals surface area contributed by atoms with Crippen LogP contribution in [0.25, 0.3) is 43.6 Å². The number of aryl methyl sites for hydroxylation is 4. The number of nitrogens with zero attached hydrogens (tertiary/aromatic N) is 12. The zero-order valence-corrected chi connectivity index (χ0v) is 68.0. The van der Waals surface area contributed by atoms with Gasteiger partial charge in [-0.2, -0.15) is 0 Å². The van der Waals surface area contributed by atoms with Crippen molar-refractivity contribution in [1.82, 2.24) is 57.8 Å². The molecule has 0 spiro atoms. The Morgan fingerprint density at radius 1 is 0.391 bits per heavy atom. The summed E-state index contributed by atoms with van der Waals surface area (Å²) in [6.45, 7) is 32.8. The van der Waals surface area contributed by atoms with Gasteiger partial charge in [0.25, 0.3) is 0 Å². The van der Waals surface area contributed by atoms with E-state index >= 15 is 0 Å². The Hall–Kier alpha value is -9.22. The summed E-state index contributed by atoms with van der Waals surface area (Å²) in [7, 11) is 8.83. The van der Waals surface area contributed by atoms with Crippen molar-refractivity contribution in [3.63, 3.8) is 0 Å². The molecule has 8 aromatic heterocycles. The molecule has 0 aliphatic carbocycles. The zero-order valence-electron chi connectivity index (χ0n) is 68.0. The molecule has 576 valence electrons. The van der Waals surface area contributed by atoms with Gasteiger partial charge in [0.05, 0.1) is 6.10 Å². The lowest BCUT2D eigenvalue weighted by Gasteiger charge is -2.31. The second kappa shape index (κ2) is 35.0. The van der Waals surface area contributed by atoms with Crippen LogP contribution >= 0.6 is 0 Å². The first-order valence-corrected chi connectivity index (χ1v) is 40.4. The molecule has 16 rings (SSSR count). The molecule has 0 saturated carbocycles. The Morgan fingerprint density at radius 3 is 0.909 bits per heavy atom. The van der Waals surface area contributed by atoms with E-state index in [9.17, 15) is 14.7 Å². The van der Waals surface area contributed by atoms with Crippen LogP contribution in [0.2, 0.25) is 0 Å². The van der Waals surface area contributed by atoms with E-state index in [2.05, 4.69) is 238 Å². The number of Topliss-reactive ketones (excluding diaryl/α,β-unsaturated/α-hetero) is 2. The van der Waals surface area contributed by atoms with Crippen LogP contribution in [-0.2, 0) is 87.6 Å². The molecule has 5 unspecified atom stereocenters. The third kappa shape index (κ3) is 18.2. The predicted octanol–water partition coefficient (Wildman–Crippen LogP) is 18.0. The number of hydrogen-bond acceptors (Lipinski definition) is 11. The standard InChI is InChI=1S/C26H35N3O.2C23H27N3O.C23H29N3/c1-18-6-7-23-21(14-18)22-17-28(5)13-10-24(22)29(23)16-20(15-25(30)26(2,3)4)19-8-11-27-12-9-19;2*1-16-4-5-22-20(12-16)21-15-25(3)11-8-23(21)26(22)14-19(13-17(2)27)18-6-9-24-10-7-18;1-4-5-19(18-8-11-24-12-9-18)15-26-22-7-6-17(2)14-20(22)21-16-25(3)13-10-23(21)26/h6-9,11-12,14,20,25,30H,10,13,15-17H2,1-5H3;2*4-7,9-10,12,19H,8,11,13-15H2,1-3H3;6-9,11-12,14,19H,4-5,10,13,15-16H2,1-3H3. The molecule has 0 saturated heterocycles. The summed E-state index contributed by atoms with van der Waals surface area (Å²) >= 11 is 0. The molecule has 4 aliphatic heterocycles. The number of aromatic nitrogens is 8. The number of hydrogen-bond donors (Lipinski definition) is 1. The van der Waals surface area contributed by atoms with E-state index in [1.54, 1.807) is 25.1 Å². The first kappa shape index (κ1) is 78.9. The third-order valence-corrected chi connectivity index (χ3v) is 23.9. The van der Waals surface area contributed by atoms with E-state index in [4.69, 9.17) is 0 Å². The number of benzene rings is 4.